The molecular formula is C7H16O4. The summed E-state index contributed by atoms with van der Waals surface area (Å²) in [5, 5.41) is 35.6. The Morgan fingerprint density at radius 2 is 1.55 bits per heavy atom. The monoisotopic (exact) mass is 164 g/mol. The summed E-state index contributed by atoms with van der Waals surface area (Å²) in [6, 6.07) is 0. The van der Waals surface area contributed by atoms with E-state index in [2.05, 4.69) is 0 Å². The number of aliphatic hydroxyl groups excluding tert-OH is 1. The molecule has 0 aliphatic heterocycles. The third kappa shape index (κ3) is 2.13. The van der Waals surface area contributed by atoms with Gasteiger partial charge >= 0.3 is 0 Å². The molecule has 0 rings (SSSR count). The molecule has 11 heavy (non-hydrogen) atoms. The molecule has 0 aromatic rings. The highest BCUT2D eigenvalue weighted by molar-refractivity contribution is 4.82. The van der Waals surface area contributed by atoms with Crippen molar-refractivity contribution in [3.8, 4) is 0 Å². The third-order valence-electron chi connectivity index (χ3n) is 2.08. The maximum absolute atomic E-state index is 9.24. The first-order valence-corrected chi connectivity index (χ1v) is 3.58. The fourth-order valence-electron chi connectivity index (χ4n) is 0.734. The van der Waals surface area contributed by atoms with Gasteiger partial charge in [0.05, 0.1) is 11.5 Å². The van der Waals surface area contributed by atoms with Crippen molar-refractivity contribution in [1.29, 1.82) is 0 Å². The fourth-order valence-corrected chi connectivity index (χ4v) is 0.734. The fraction of sp³-hybridized carbons (Fsp3) is 1.00. The quantitative estimate of drug-likeness (QED) is 0.420. The zero-order valence-electron chi connectivity index (χ0n) is 7.07. The second-order valence-electron chi connectivity index (χ2n) is 3.28. The van der Waals surface area contributed by atoms with Crippen molar-refractivity contribution in [1.82, 2.24) is 0 Å². The standard InChI is InChI=1S/C7H16O4/c1-4-5(8)6(2,3)7(9,10)11/h5,8-11H,4H2,1-3H3. The van der Waals surface area contributed by atoms with Crippen LogP contribution in [0.2, 0.25) is 0 Å². The first-order valence-electron chi connectivity index (χ1n) is 3.58. The predicted octanol–water partition coefficient (Wildman–Crippen LogP) is -0.586. The van der Waals surface area contributed by atoms with Gasteiger partial charge in [-0.25, -0.2) is 0 Å². The van der Waals surface area contributed by atoms with Gasteiger partial charge in [-0.2, -0.15) is 0 Å². The first-order chi connectivity index (χ1) is 4.73. The summed E-state index contributed by atoms with van der Waals surface area (Å²) in [6.45, 7) is 4.44. The molecule has 1 atom stereocenters. The minimum absolute atomic E-state index is 0.358. The second kappa shape index (κ2) is 3.06. The minimum Gasteiger partial charge on any atom is -0.392 e. The highest BCUT2D eigenvalue weighted by Crippen LogP contribution is 2.31. The largest absolute Gasteiger partial charge is 0.392 e. The molecule has 4 nitrogen and oxygen atoms in total. The maximum atomic E-state index is 9.24. The van der Waals surface area contributed by atoms with Crippen molar-refractivity contribution in [2.24, 2.45) is 5.41 Å². The lowest BCUT2D eigenvalue weighted by Gasteiger charge is -2.36. The van der Waals surface area contributed by atoms with Gasteiger partial charge in [0, 0.05) is 0 Å². The molecule has 0 heterocycles. The normalized spacial score (nSPS) is 16.6. The second-order valence-corrected chi connectivity index (χ2v) is 3.28. The number of rotatable bonds is 3. The van der Waals surface area contributed by atoms with E-state index >= 15 is 0 Å². The molecule has 0 radical (unpaired) electrons. The summed E-state index contributed by atoms with van der Waals surface area (Å²) < 4.78 is 0. The average molecular weight is 164 g/mol. The summed E-state index contributed by atoms with van der Waals surface area (Å²) in [5.74, 6) is -2.83. The summed E-state index contributed by atoms with van der Waals surface area (Å²) in [7, 11) is 0. The molecule has 0 fully saturated rings. The van der Waals surface area contributed by atoms with Crippen LogP contribution in [0.4, 0.5) is 0 Å². The molecule has 1 unspecified atom stereocenters. The van der Waals surface area contributed by atoms with Crippen LogP contribution in [0.15, 0.2) is 0 Å². The SMILES string of the molecule is CCC(O)C(C)(C)C(O)(O)O. The minimum atomic E-state index is -2.83. The van der Waals surface area contributed by atoms with Crippen LogP contribution in [-0.2, 0) is 0 Å². The van der Waals surface area contributed by atoms with Gasteiger partial charge in [-0.1, -0.05) is 6.92 Å². The van der Waals surface area contributed by atoms with E-state index in [1.807, 2.05) is 0 Å². The number of hydrogen-bond donors (Lipinski definition) is 4. The molecule has 0 bridgehead atoms. The van der Waals surface area contributed by atoms with E-state index in [-0.39, 0.29) is 0 Å². The van der Waals surface area contributed by atoms with E-state index in [1.165, 1.54) is 13.8 Å². The van der Waals surface area contributed by atoms with Crippen molar-refractivity contribution in [2.75, 3.05) is 0 Å². The van der Waals surface area contributed by atoms with Gasteiger partial charge in [0.15, 0.2) is 0 Å². The van der Waals surface area contributed by atoms with Gasteiger partial charge in [-0.05, 0) is 20.3 Å². The summed E-state index contributed by atoms with van der Waals surface area (Å²) in [4.78, 5) is 0. The van der Waals surface area contributed by atoms with Crippen molar-refractivity contribution in [2.45, 2.75) is 39.3 Å². The van der Waals surface area contributed by atoms with Crippen LogP contribution in [0.1, 0.15) is 27.2 Å². The van der Waals surface area contributed by atoms with E-state index in [4.69, 9.17) is 15.3 Å². The van der Waals surface area contributed by atoms with Crippen molar-refractivity contribution < 1.29 is 20.4 Å². The molecule has 4 N–H and O–H groups in total. The predicted molar refractivity (Wildman–Crippen MR) is 39.5 cm³/mol. The van der Waals surface area contributed by atoms with E-state index < -0.39 is 17.5 Å². The van der Waals surface area contributed by atoms with Crippen molar-refractivity contribution in [3.05, 3.63) is 0 Å². The lowest BCUT2D eigenvalue weighted by atomic mass is 9.82. The van der Waals surface area contributed by atoms with Crippen LogP contribution in [0.3, 0.4) is 0 Å². The van der Waals surface area contributed by atoms with Crippen LogP contribution in [0.5, 0.6) is 0 Å². The summed E-state index contributed by atoms with van der Waals surface area (Å²) in [6.07, 6.45) is -0.585. The molecule has 0 aliphatic rings. The number of aliphatic hydroxyl groups is 4. The van der Waals surface area contributed by atoms with Crippen LogP contribution in [0.25, 0.3) is 0 Å². The smallest absolute Gasteiger partial charge is 0.283 e. The third-order valence-corrected chi connectivity index (χ3v) is 2.08. The Kier molecular flexibility index (Phi) is 3.02. The van der Waals surface area contributed by atoms with Gasteiger partial charge in [-0.15, -0.1) is 0 Å². The Balaban J connectivity index is 4.45. The molecular weight excluding hydrogens is 148 g/mol. The van der Waals surface area contributed by atoms with Gasteiger partial charge in [0.2, 0.25) is 0 Å². The molecule has 0 saturated heterocycles. The average Bonchev–Trinajstić information content (AvgIpc) is 1.83. The zero-order chi connectivity index (χ0) is 9.28. The van der Waals surface area contributed by atoms with E-state index in [0.717, 1.165) is 0 Å². The Morgan fingerprint density at radius 1 is 1.18 bits per heavy atom. The molecule has 68 valence electrons. The van der Waals surface area contributed by atoms with E-state index in [0.29, 0.717) is 6.42 Å². The molecule has 4 heteroatoms. The Labute approximate surface area is 66.1 Å². The lowest BCUT2D eigenvalue weighted by Crippen LogP contribution is -2.51. The molecule has 0 aliphatic carbocycles. The molecule has 0 aromatic heterocycles. The highest BCUT2D eigenvalue weighted by Gasteiger charge is 2.45. The van der Waals surface area contributed by atoms with Crippen LogP contribution >= 0.6 is 0 Å². The molecule has 0 spiro atoms. The summed E-state index contributed by atoms with van der Waals surface area (Å²) in [5.41, 5.74) is -1.33. The van der Waals surface area contributed by atoms with E-state index in [1.54, 1.807) is 6.92 Å². The Morgan fingerprint density at radius 3 is 1.64 bits per heavy atom. The molecule has 0 saturated carbocycles. The maximum Gasteiger partial charge on any atom is 0.283 e. The Hall–Kier alpha value is -0.160. The van der Waals surface area contributed by atoms with Gasteiger partial charge < -0.3 is 20.4 Å². The zero-order valence-corrected chi connectivity index (χ0v) is 7.07. The van der Waals surface area contributed by atoms with Gasteiger partial charge in [0.1, 0.15) is 0 Å². The van der Waals surface area contributed by atoms with Gasteiger partial charge in [0.25, 0.3) is 5.97 Å². The van der Waals surface area contributed by atoms with Crippen LogP contribution in [-0.4, -0.2) is 32.5 Å². The van der Waals surface area contributed by atoms with Crippen molar-refractivity contribution in [3.63, 3.8) is 0 Å². The van der Waals surface area contributed by atoms with Gasteiger partial charge in [-0.3, -0.25) is 0 Å². The van der Waals surface area contributed by atoms with Crippen LogP contribution in [0, 0.1) is 5.41 Å². The lowest BCUT2D eigenvalue weighted by molar-refractivity contribution is -0.381. The Bertz CT molecular complexity index is 125. The summed E-state index contributed by atoms with van der Waals surface area (Å²) >= 11 is 0. The van der Waals surface area contributed by atoms with E-state index in [9.17, 15) is 5.11 Å². The highest BCUT2D eigenvalue weighted by atomic mass is 16.7. The van der Waals surface area contributed by atoms with Crippen molar-refractivity contribution >= 4 is 0 Å². The molecule has 0 amide bonds. The number of hydrogen-bond acceptors (Lipinski definition) is 4. The topological polar surface area (TPSA) is 80.9 Å². The first kappa shape index (κ1) is 10.8. The van der Waals surface area contributed by atoms with Crippen LogP contribution < -0.4 is 0 Å². The molecule has 0 aromatic carbocycles.